The average molecular weight is 375 g/mol. The lowest BCUT2D eigenvalue weighted by Crippen LogP contribution is -2.47. The van der Waals surface area contributed by atoms with Crippen molar-refractivity contribution in [3.05, 3.63) is 34.4 Å². The fourth-order valence-corrected chi connectivity index (χ4v) is 3.67. The molecule has 1 unspecified atom stereocenters. The standard InChI is InChI=1S/C18H21N3O6/c1-2-27-18(24)12-7-9-19(10-8-12)15-11-16(22)20(17(15)23)13-5-3-4-6-14(13)21(25)26/h3-6,12,15H,2,7-11H2,1H3. The molecule has 0 radical (unpaired) electrons. The molecule has 2 aliphatic rings. The van der Waals surface area contributed by atoms with Crippen LogP contribution in [0.4, 0.5) is 11.4 Å². The van der Waals surface area contributed by atoms with E-state index in [4.69, 9.17) is 4.74 Å². The minimum absolute atomic E-state index is 0.00131. The van der Waals surface area contributed by atoms with E-state index in [1.54, 1.807) is 13.0 Å². The Morgan fingerprint density at radius 2 is 1.93 bits per heavy atom. The number of benzene rings is 1. The molecule has 9 heteroatoms. The quantitative estimate of drug-likeness (QED) is 0.332. The molecular formula is C18H21N3O6. The molecule has 9 nitrogen and oxygen atoms in total. The van der Waals surface area contributed by atoms with E-state index in [0.29, 0.717) is 32.5 Å². The van der Waals surface area contributed by atoms with Gasteiger partial charge in [0.2, 0.25) is 5.91 Å². The molecule has 2 saturated heterocycles. The van der Waals surface area contributed by atoms with Gasteiger partial charge >= 0.3 is 5.97 Å². The molecule has 0 aliphatic carbocycles. The van der Waals surface area contributed by atoms with Crippen molar-refractivity contribution in [2.24, 2.45) is 5.92 Å². The van der Waals surface area contributed by atoms with Crippen molar-refractivity contribution in [3.63, 3.8) is 0 Å². The molecule has 27 heavy (non-hydrogen) atoms. The van der Waals surface area contributed by atoms with Crippen LogP contribution in [0.3, 0.4) is 0 Å². The highest BCUT2D eigenvalue weighted by molar-refractivity contribution is 6.23. The number of imide groups is 1. The predicted octanol–water partition coefficient (Wildman–Crippen LogP) is 1.50. The highest BCUT2D eigenvalue weighted by Gasteiger charge is 2.45. The van der Waals surface area contributed by atoms with Gasteiger partial charge in [-0.15, -0.1) is 0 Å². The third-order valence-corrected chi connectivity index (χ3v) is 5.03. The van der Waals surface area contributed by atoms with Gasteiger partial charge in [-0.05, 0) is 38.9 Å². The molecule has 0 saturated carbocycles. The summed E-state index contributed by atoms with van der Waals surface area (Å²) in [5, 5.41) is 11.2. The van der Waals surface area contributed by atoms with E-state index >= 15 is 0 Å². The Hall–Kier alpha value is -2.81. The van der Waals surface area contributed by atoms with Crippen LogP contribution in [0.15, 0.2) is 24.3 Å². The highest BCUT2D eigenvalue weighted by Crippen LogP contribution is 2.34. The van der Waals surface area contributed by atoms with Crippen molar-refractivity contribution in [2.45, 2.75) is 32.2 Å². The lowest BCUT2D eigenvalue weighted by Gasteiger charge is -2.33. The maximum absolute atomic E-state index is 12.9. The first-order chi connectivity index (χ1) is 12.9. The van der Waals surface area contributed by atoms with Crippen LogP contribution in [0.2, 0.25) is 0 Å². The van der Waals surface area contributed by atoms with Crippen molar-refractivity contribution in [3.8, 4) is 0 Å². The van der Waals surface area contributed by atoms with Gasteiger partial charge in [0.1, 0.15) is 5.69 Å². The first-order valence-electron chi connectivity index (χ1n) is 8.95. The molecule has 0 N–H and O–H groups in total. The number of amides is 2. The van der Waals surface area contributed by atoms with Crippen LogP contribution in [0, 0.1) is 16.0 Å². The number of ether oxygens (including phenoxy) is 1. The summed E-state index contributed by atoms with van der Waals surface area (Å²) in [4.78, 5) is 50.6. The fourth-order valence-electron chi connectivity index (χ4n) is 3.67. The van der Waals surface area contributed by atoms with Crippen molar-refractivity contribution in [2.75, 3.05) is 24.6 Å². The smallest absolute Gasteiger partial charge is 0.309 e. The molecular weight excluding hydrogens is 354 g/mol. The summed E-state index contributed by atoms with van der Waals surface area (Å²) >= 11 is 0. The van der Waals surface area contributed by atoms with Crippen molar-refractivity contribution < 1.29 is 24.0 Å². The normalized spacial score (nSPS) is 21.5. The molecule has 1 atom stereocenters. The third-order valence-electron chi connectivity index (χ3n) is 5.03. The molecule has 0 aromatic heterocycles. The first kappa shape index (κ1) is 19.0. The molecule has 3 rings (SSSR count). The Balaban J connectivity index is 1.73. The molecule has 0 bridgehead atoms. The second kappa shape index (κ2) is 7.83. The van der Waals surface area contributed by atoms with Crippen LogP contribution in [0.1, 0.15) is 26.2 Å². The Morgan fingerprint density at radius 1 is 1.26 bits per heavy atom. The predicted molar refractivity (Wildman–Crippen MR) is 94.9 cm³/mol. The van der Waals surface area contributed by atoms with Gasteiger partial charge < -0.3 is 4.74 Å². The summed E-state index contributed by atoms with van der Waals surface area (Å²) < 4.78 is 5.04. The topological polar surface area (TPSA) is 110 Å². The van der Waals surface area contributed by atoms with Gasteiger partial charge in [-0.1, -0.05) is 12.1 Å². The molecule has 2 fully saturated rings. The van der Waals surface area contributed by atoms with Gasteiger partial charge in [-0.3, -0.25) is 29.4 Å². The number of piperidine rings is 1. The minimum atomic E-state index is -0.652. The van der Waals surface area contributed by atoms with Crippen LogP contribution in [0.5, 0.6) is 0 Å². The van der Waals surface area contributed by atoms with E-state index in [-0.39, 0.29) is 29.7 Å². The van der Waals surface area contributed by atoms with Gasteiger partial charge in [0, 0.05) is 6.07 Å². The Morgan fingerprint density at radius 3 is 2.56 bits per heavy atom. The summed E-state index contributed by atoms with van der Waals surface area (Å²) in [5.74, 6) is -1.33. The molecule has 1 aromatic carbocycles. The number of anilines is 1. The van der Waals surface area contributed by atoms with Gasteiger partial charge in [0.15, 0.2) is 0 Å². The summed E-state index contributed by atoms with van der Waals surface area (Å²) in [7, 11) is 0. The monoisotopic (exact) mass is 375 g/mol. The number of carbonyl (C=O) groups is 3. The number of carbonyl (C=O) groups excluding carboxylic acids is 3. The second-order valence-electron chi connectivity index (χ2n) is 6.60. The number of esters is 1. The Bertz CT molecular complexity index is 772. The van der Waals surface area contributed by atoms with E-state index < -0.39 is 22.8 Å². The van der Waals surface area contributed by atoms with Crippen LogP contribution in [-0.4, -0.2) is 53.3 Å². The zero-order valence-electron chi connectivity index (χ0n) is 15.0. The maximum Gasteiger partial charge on any atom is 0.309 e. The minimum Gasteiger partial charge on any atom is -0.466 e. The molecule has 2 amide bonds. The Kier molecular flexibility index (Phi) is 5.50. The summed E-state index contributed by atoms with van der Waals surface area (Å²) in [6.07, 6.45) is 1.10. The van der Waals surface area contributed by atoms with Crippen molar-refractivity contribution in [1.29, 1.82) is 0 Å². The molecule has 144 valence electrons. The highest BCUT2D eigenvalue weighted by atomic mass is 16.6. The lowest BCUT2D eigenvalue weighted by atomic mass is 9.95. The number of nitro benzene ring substituents is 1. The van der Waals surface area contributed by atoms with E-state index in [0.717, 1.165) is 4.90 Å². The van der Waals surface area contributed by atoms with Crippen LogP contribution < -0.4 is 4.90 Å². The van der Waals surface area contributed by atoms with Crippen LogP contribution >= 0.6 is 0 Å². The number of nitro groups is 1. The molecule has 2 heterocycles. The van der Waals surface area contributed by atoms with E-state index in [1.165, 1.54) is 18.2 Å². The summed E-state index contributed by atoms with van der Waals surface area (Å²) in [5.41, 5.74) is -0.276. The number of hydrogen-bond donors (Lipinski definition) is 0. The number of rotatable bonds is 5. The summed E-state index contributed by atoms with van der Waals surface area (Å²) in [6, 6.07) is 5.07. The van der Waals surface area contributed by atoms with E-state index in [1.807, 2.05) is 4.90 Å². The molecule has 0 spiro atoms. The largest absolute Gasteiger partial charge is 0.466 e. The average Bonchev–Trinajstić information content (AvgIpc) is 2.96. The van der Waals surface area contributed by atoms with Crippen LogP contribution in [-0.2, 0) is 19.1 Å². The lowest BCUT2D eigenvalue weighted by molar-refractivity contribution is -0.384. The molecule has 1 aromatic rings. The Labute approximate surface area is 156 Å². The number of hydrogen-bond acceptors (Lipinski definition) is 7. The van der Waals surface area contributed by atoms with Crippen molar-refractivity contribution >= 4 is 29.2 Å². The maximum atomic E-state index is 12.9. The third kappa shape index (κ3) is 3.68. The van der Waals surface area contributed by atoms with Crippen LogP contribution in [0.25, 0.3) is 0 Å². The molecule has 2 aliphatic heterocycles. The summed E-state index contributed by atoms with van der Waals surface area (Å²) in [6.45, 7) is 3.09. The van der Waals surface area contributed by atoms with Gasteiger partial charge in [-0.2, -0.15) is 0 Å². The van der Waals surface area contributed by atoms with Crippen molar-refractivity contribution in [1.82, 2.24) is 4.90 Å². The number of para-hydroxylation sites is 2. The van der Waals surface area contributed by atoms with Gasteiger partial charge in [-0.25, -0.2) is 4.90 Å². The zero-order valence-corrected chi connectivity index (χ0v) is 15.0. The first-order valence-corrected chi connectivity index (χ1v) is 8.95. The SMILES string of the molecule is CCOC(=O)C1CCN(C2CC(=O)N(c3ccccc3[N+](=O)[O-])C2=O)CC1. The fraction of sp³-hybridized carbons (Fsp3) is 0.500. The second-order valence-corrected chi connectivity index (χ2v) is 6.60. The van der Waals surface area contributed by atoms with E-state index in [9.17, 15) is 24.5 Å². The number of nitrogens with zero attached hydrogens (tertiary/aromatic N) is 3. The van der Waals surface area contributed by atoms with Gasteiger partial charge in [0.05, 0.1) is 29.9 Å². The van der Waals surface area contributed by atoms with Gasteiger partial charge in [0.25, 0.3) is 11.6 Å². The number of likely N-dealkylation sites (tertiary alicyclic amines) is 1. The van der Waals surface area contributed by atoms with E-state index in [2.05, 4.69) is 0 Å². The zero-order chi connectivity index (χ0) is 19.6.